The fourth-order valence-electron chi connectivity index (χ4n) is 1.54. The van der Waals surface area contributed by atoms with E-state index in [1.807, 2.05) is 0 Å². The monoisotopic (exact) mass is 321 g/mol. The Morgan fingerprint density at radius 3 is 2.42 bits per heavy atom. The van der Waals surface area contributed by atoms with Gasteiger partial charge in [0.25, 0.3) is 0 Å². The molecule has 0 spiro atoms. The maximum absolute atomic E-state index is 10.9. The first-order valence-corrected chi connectivity index (χ1v) is 6.36. The molecular formula is C14H12BrNO3. The van der Waals surface area contributed by atoms with Gasteiger partial charge in [-0.25, -0.2) is 0 Å². The van der Waals surface area contributed by atoms with Crippen molar-refractivity contribution in [3.05, 3.63) is 58.1 Å². The van der Waals surface area contributed by atoms with E-state index >= 15 is 0 Å². The lowest BCUT2D eigenvalue weighted by molar-refractivity contribution is 0.100. The van der Waals surface area contributed by atoms with Crippen molar-refractivity contribution in [2.75, 3.05) is 0 Å². The number of benzene rings is 2. The van der Waals surface area contributed by atoms with Crippen LogP contribution in [-0.2, 0) is 6.61 Å². The summed E-state index contributed by atoms with van der Waals surface area (Å²) < 4.78 is 6.41. The van der Waals surface area contributed by atoms with Crippen molar-refractivity contribution in [2.45, 2.75) is 6.61 Å². The highest BCUT2D eigenvalue weighted by molar-refractivity contribution is 9.10. The Labute approximate surface area is 118 Å². The summed E-state index contributed by atoms with van der Waals surface area (Å²) in [6, 6.07) is 11.9. The average molecular weight is 322 g/mol. The maximum atomic E-state index is 10.9. The van der Waals surface area contributed by atoms with Crippen LogP contribution in [0.15, 0.2) is 46.9 Å². The number of hydrogen-bond acceptors (Lipinski definition) is 3. The van der Waals surface area contributed by atoms with Gasteiger partial charge in [-0.2, -0.15) is 0 Å². The second-order valence-corrected chi connectivity index (χ2v) is 4.77. The minimum Gasteiger partial charge on any atom is -0.456 e. The van der Waals surface area contributed by atoms with Crippen LogP contribution in [0.2, 0.25) is 0 Å². The van der Waals surface area contributed by atoms with Crippen molar-refractivity contribution in [3.63, 3.8) is 0 Å². The molecule has 0 unspecified atom stereocenters. The van der Waals surface area contributed by atoms with Gasteiger partial charge in [0.05, 0.1) is 11.1 Å². The number of rotatable bonds is 4. The van der Waals surface area contributed by atoms with Crippen molar-refractivity contribution in [3.8, 4) is 11.5 Å². The Morgan fingerprint density at radius 2 is 1.89 bits per heavy atom. The van der Waals surface area contributed by atoms with Gasteiger partial charge < -0.3 is 15.6 Å². The number of carbonyl (C=O) groups excluding carboxylic acids is 1. The summed E-state index contributed by atoms with van der Waals surface area (Å²) in [7, 11) is 0. The van der Waals surface area contributed by atoms with E-state index in [1.165, 1.54) is 0 Å². The molecule has 3 N–H and O–H groups in total. The van der Waals surface area contributed by atoms with Crippen LogP contribution in [0.25, 0.3) is 0 Å². The van der Waals surface area contributed by atoms with E-state index in [0.717, 1.165) is 10.0 Å². The maximum Gasteiger partial charge on any atom is 0.248 e. The van der Waals surface area contributed by atoms with Gasteiger partial charge in [0.2, 0.25) is 5.91 Å². The molecule has 2 rings (SSSR count). The molecule has 5 heteroatoms. The largest absolute Gasteiger partial charge is 0.456 e. The first-order chi connectivity index (χ1) is 9.10. The molecule has 0 bridgehead atoms. The van der Waals surface area contributed by atoms with Gasteiger partial charge in [-0.3, -0.25) is 4.79 Å². The van der Waals surface area contributed by atoms with Gasteiger partial charge in [0, 0.05) is 5.56 Å². The number of amides is 1. The van der Waals surface area contributed by atoms with Crippen molar-refractivity contribution in [2.24, 2.45) is 5.73 Å². The highest BCUT2D eigenvalue weighted by atomic mass is 79.9. The number of hydrogen-bond donors (Lipinski definition) is 2. The van der Waals surface area contributed by atoms with E-state index in [-0.39, 0.29) is 6.61 Å². The molecular weight excluding hydrogens is 310 g/mol. The van der Waals surface area contributed by atoms with Crippen LogP contribution in [0, 0.1) is 0 Å². The molecule has 0 radical (unpaired) electrons. The molecule has 0 aromatic heterocycles. The van der Waals surface area contributed by atoms with Crippen LogP contribution in [0.4, 0.5) is 0 Å². The SMILES string of the molecule is NC(=O)c1ccc(Oc2ccc(CO)cc2Br)cc1. The number of primary amides is 1. The predicted octanol–water partition coefficient (Wildman–Crippen LogP) is 2.83. The lowest BCUT2D eigenvalue weighted by Gasteiger charge is -2.09. The Balaban J connectivity index is 2.19. The Kier molecular flexibility index (Phi) is 4.19. The van der Waals surface area contributed by atoms with Crippen LogP contribution in [0.1, 0.15) is 15.9 Å². The lowest BCUT2D eigenvalue weighted by atomic mass is 10.2. The zero-order chi connectivity index (χ0) is 13.8. The number of carbonyl (C=O) groups is 1. The summed E-state index contributed by atoms with van der Waals surface area (Å²) in [5.74, 6) is 0.756. The third-order valence-electron chi connectivity index (χ3n) is 2.55. The van der Waals surface area contributed by atoms with E-state index in [4.69, 9.17) is 15.6 Å². The molecule has 0 fully saturated rings. The van der Waals surface area contributed by atoms with E-state index in [1.54, 1.807) is 42.5 Å². The number of aliphatic hydroxyl groups excluding tert-OH is 1. The summed E-state index contributed by atoms with van der Waals surface area (Å²) >= 11 is 3.37. The first-order valence-electron chi connectivity index (χ1n) is 5.57. The number of aliphatic hydroxyl groups is 1. The summed E-state index contributed by atoms with van der Waals surface area (Å²) in [6.45, 7) is -0.0216. The molecule has 0 saturated heterocycles. The van der Waals surface area contributed by atoms with Crippen LogP contribution >= 0.6 is 15.9 Å². The summed E-state index contributed by atoms with van der Waals surface area (Å²) in [5.41, 5.74) is 6.39. The summed E-state index contributed by atoms with van der Waals surface area (Å²) in [4.78, 5) is 10.9. The van der Waals surface area contributed by atoms with Crippen LogP contribution in [0.3, 0.4) is 0 Å². The highest BCUT2D eigenvalue weighted by Gasteiger charge is 2.05. The van der Waals surface area contributed by atoms with Gasteiger partial charge in [-0.1, -0.05) is 6.07 Å². The minimum atomic E-state index is -0.472. The zero-order valence-corrected chi connectivity index (χ0v) is 11.6. The molecule has 98 valence electrons. The van der Waals surface area contributed by atoms with E-state index in [0.29, 0.717) is 17.1 Å². The molecule has 2 aromatic rings. The molecule has 0 aliphatic heterocycles. The Morgan fingerprint density at radius 1 is 1.21 bits per heavy atom. The summed E-state index contributed by atoms with van der Waals surface area (Å²) in [5, 5.41) is 9.02. The first kappa shape index (κ1) is 13.6. The second-order valence-electron chi connectivity index (χ2n) is 3.91. The van der Waals surface area contributed by atoms with Gasteiger partial charge >= 0.3 is 0 Å². The van der Waals surface area contributed by atoms with Crippen molar-refractivity contribution in [1.82, 2.24) is 0 Å². The molecule has 0 aliphatic carbocycles. The fraction of sp³-hybridized carbons (Fsp3) is 0.0714. The molecule has 0 saturated carbocycles. The molecule has 0 atom stereocenters. The van der Waals surface area contributed by atoms with Gasteiger partial charge in [0.1, 0.15) is 11.5 Å². The molecule has 1 amide bonds. The van der Waals surface area contributed by atoms with Crippen molar-refractivity contribution in [1.29, 1.82) is 0 Å². The highest BCUT2D eigenvalue weighted by Crippen LogP contribution is 2.30. The smallest absolute Gasteiger partial charge is 0.248 e. The fourth-order valence-corrected chi connectivity index (χ4v) is 2.05. The molecule has 19 heavy (non-hydrogen) atoms. The third kappa shape index (κ3) is 3.33. The topological polar surface area (TPSA) is 72.6 Å². The Hall–Kier alpha value is -1.85. The predicted molar refractivity (Wildman–Crippen MR) is 75.1 cm³/mol. The summed E-state index contributed by atoms with van der Waals surface area (Å²) in [6.07, 6.45) is 0. The average Bonchev–Trinajstić information content (AvgIpc) is 2.41. The molecule has 0 heterocycles. The number of ether oxygens (including phenoxy) is 1. The van der Waals surface area contributed by atoms with E-state index in [9.17, 15) is 4.79 Å². The van der Waals surface area contributed by atoms with Crippen molar-refractivity contribution >= 4 is 21.8 Å². The van der Waals surface area contributed by atoms with Gasteiger partial charge in [0.15, 0.2) is 0 Å². The number of halogens is 1. The van der Waals surface area contributed by atoms with Gasteiger partial charge in [-0.15, -0.1) is 0 Å². The zero-order valence-electron chi connectivity index (χ0n) is 9.97. The van der Waals surface area contributed by atoms with E-state index in [2.05, 4.69) is 15.9 Å². The van der Waals surface area contributed by atoms with Crippen LogP contribution in [-0.4, -0.2) is 11.0 Å². The van der Waals surface area contributed by atoms with Gasteiger partial charge in [-0.05, 0) is 57.9 Å². The molecule has 2 aromatic carbocycles. The second kappa shape index (κ2) is 5.86. The normalized spacial score (nSPS) is 10.2. The molecule has 0 aliphatic rings. The third-order valence-corrected chi connectivity index (χ3v) is 3.17. The minimum absolute atomic E-state index is 0.0216. The molecule has 4 nitrogen and oxygen atoms in total. The van der Waals surface area contributed by atoms with Crippen molar-refractivity contribution < 1.29 is 14.6 Å². The Bertz CT molecular complexity index is 596. The quantitative estimate of drug-likeness (QED) is 0.909. The standard InChI is InChI=1S/C14H12BrNO3/c15-12-7-9(8-17)1-6-13(12)19-11-4-2-10(3-5-11)14(16)18/h1-7,17H,8H2,(H2,16,18). The lowest BCUT2D eigenvalue weighted by Crippen LogP contribution is -2.10. The van der Waals surface area contributed by atoms with Crippen LogP contribution in [0.5, 0.6) is 11.5 Å². The number of nitrogens with two attached hydrogens (primary N) is 1. The van der Waals surface area contributed by atoms with Crippen LogP contribution < -0.4 is 10.5 Å². The van der Waals surface area contributed by atoms with E-state index < -0.39 is 5.91 Å².